The Kier molecular flexibility index (Phi) is 5.65. The average Bonchev–Trinajstić information content (AvgIpc) is 3.01. The fourth-order valence-electron chi connectivity index (χ4n) is 4.05. The van der Waals surface area contributed by atoms with Crippen LogP contribution in [0.4, 0.5) is 4.39 Å². The third-order valence-electron chi connectivity index (χ3n) is 5.23. The molecule has 1 saturated carbocycles. The van der Waals surface area contributed by atoms with E-state index in [0.29, 0.717) is 6.04 Å². The van der Waals surface area contributed by atoms with Gasteiger partial charge in [-0.25, -0.2) is 4.39 Å². The maximum atomic E-state index is 13.5. The Bertz CT molecular complexity index is 534. The predicted molar refractivity (Wildman–Crippen MR) is 89.4 cm³/mol. The van der Waals surface area contributed by atoms with Gasteiger partial charge in [0.05, 0.1) is 5.92 Å². The van der Waals surface area contributed by atoms with Crippen LogP contribution in [0.15, 0.2) is 24.3 Å². The molecule has 0 radical (unpaired) electrons. The van der Waals surface area contributed by atoms with Crippen LogP contribution in [-0.4, -0.2) is 29.9 Å². The summed E-state index contributed by atoms with van der Waals surface area (Å²) in [6.07, 6.45) is 7.78. The molecule has 1 aliphatic carbocycles. The molecule has 1 N–H and O–H groups in total. The molecule has 1 aliphatic heterocycles. The van der Waals surface area contributed by atoms with Crippen molar-refractivity contribution >= 4 is 5.91 Å². The second-order valence-electron chi connectivity index (χ2n) is 6.91. The quantitative estimate of drug-likeness (QED) is 0.905. The second kappa shape index (κ2) is 7.91. The van der Waals surface area contributed by atoms with Crippen molar-refractivity contribution in [2.45, 2.75) is 57.5 Å². The lowest BCUT2D eigenvalue weighted by atomic mass is 10.00. The van der Waals surface area contributed by atoms with Crippen molar-refractivity contribution in [1.29, 1.82) is 0 Å². The summed E-state index contributed by atoms with van der Waals surface area (Å²) in [5, 5.41) is 3.12. The molecule has 3 nitrogen and oxygen atoms in total. The largest absolute Gasteiger partial charge is 0.356 e. The van der Waals surface area contributed by atoms with E-state index in [1.165, 1.54) is 18.9 Å². The highest BCUT2D eigenvalue weighted by Crippen LogP contribution is 2.32. The predicted octanol–water partition coefficient (Wildman–Crippen LogP) is 3.49. The number of nitrogens with zero attached hydrogens (tertiary/aromatic N) is 1. The first kappa shape index (κ1) is 16.4. The molecule has 0 spiro atoms. The van der Waals surface area contributed by atoms with E-state index in [-0.39, 0.29) is 17.6 Å². The summed E-state index contributed by atoms with van der Waals surface area (Å²) in [5.41, 5.74) is 1.01. The number of rotatable bonds is 2. The summed E-state index contributed by atoms with van der Waals surface area (Å²) < 4.78 is 13.5. The van der Waals surface area contributed by atoms with E-state index in [0.717, 1.165) is 57.3 Å². The standard InChI is InChI=1S/C19H27FN2O/c20-16-8-5-7-15(13-16)14-22-12-4-2-1-3-11-21-19(23)17-9-6-10-18(17)22/h5,7-8,13,17-18H,1-4,6,9-12,14H2,(H,21,23). The number of hydrogen-bond acceptors (Lipinski definition) is 2. The van der Waals surface area contributed by atoms with E-state index >= 15 is 0 Å². The summed E-state index contributed by atoms with van der Waals surface area (Å²) in [4.78, 5) is 14.9. The van der Waals surface area contributed by atoms with Crippen LogP contribution in [0.5, 0.6) is 0 Å². The summed E-state index contributed by atoms with van der Waals surface area (Å²) in [5.74, 6) is 0.140. The number of carbonyl (C=O) groups is 1. The van der Waals surface area contributed by atoms with Crippen LogP contribution in [0.3, 0.4) is 0 Å². The number of fused-ring (bicyclic) bond motifs is 1. The van der Waals surface area contributed by atoms with E-state index in [1.807, 2.05) is 6.07 Å². The fourth-order valence-corrected chi connectivity index (χ4v) is 4.05. The second-order valence-corrected chi connectivity index (χ2v) is 6.91. The zero-order valence-electron chi connectivity index (χ0n) is 13.8. The monoisotopic (exact) mass is 318 g/mol. The molecule has 2 fully saturated rings. The number of hydrogen-bond donors (Lipinski definition) is 1. The summed E-state index contributed by atoms with van der Waals surface area (Å²) in [6, 6.07) is 7.17. The summed E-state index contributed by atoms with van der Waals surface area (Å²) >= 11 is 0. The molecule has 126 valence electrons. The van der Waals surface area contributed by atoms with E-state index in [2.05, 4.69) is 10.2 Å². The third-order valence-corrected chi connectivity index (χ3v) is 5.23. The van der Waals surface area contributed by atoms with Gasteiger partial charge in [0.1, 0.15) is 5.82 Å². The van der Waals surface area contributed by atoms with Gasteiger partial charge in [-0.1, -0.05) is 31.4 Å². The molecule has 0 aromatic heterocycles. The van der Waals surface area contributed by atoms with Crippen LogP contribution < -0.4 is 5.32 Å². The third kappa shape index (κ3) is 4.31. The van der Waals surface area contributed by atoms with E-state index < -0.39 is 0 Å². The van der Waals surface area contributed by atoms with Crippen LogP contribution in [-0.2, 0) is 11.3 Å². The summed E-state index contributed by atoms with van der Waals surface area (Å²) in [6.45, 7) is 2.56. The van der Waals surface area contributed by atoms with Gasteiger partial charge in [-0.3, -0.25) is 9.69 Å². The molecule has 0 bridgehead atoms. The Hall–Kier alpha value is -1.42. The molecular weight excluding hydrogens is 291 g/mol. The van der Waals surface area contributed by atoms with Crippen molar-refractivity contribution in [3.8, 4) is 0 Å². The van der Waals surface area contributed by atoms with Gasteiger partial charge in [0, 0.05) is 19.1 Å². The average molecular weight is 318 g/mol. The van der Waals surface area contributed by atoms with E-state index in [9.17, 15) is 9.18 Å². The van der Waals surface area contributed by atoms with Crippen molar-refractivity contribution in [2.75, 3.05) is 13.1 Å². The fraction of sp³-hybridized carbons (Fsp3) is 0.632. The molecule has 1 saturated heterocycles. The lowest BCUT2D eigenvalue weighted by Crippen LogP contribution is -2.44. The highest BCUT2D eigenvalue weighted by molar-refractivity contribution is 5.79. The first-order valence-electron chi connectivity index (χ1n) is 9.00. The Morgan fingerprint density at radius 2 is 2.00 bits per heavy atom. The van der Waals surface area contributed by atoms with Crippen molar-refractivity contribution < 1.29 is 9.18 Å². The molecule has 3 rings (SSSR count). The normalized spacial score (nSPS) is 27.1. The van der Waals surface area contributed by atoms with Gasteiger partial charge in [-0.2, -0.15) is 0 Å². The Balaban J connectivity index is 1.77. The molecule has 1 amide bonds. The number of nitrogens with one attached hydrogen (secondary N) is 1. The first-order valence-corrected chi connectivity index (χ1v) is 9.00. The minimum Gasteiger partial charge on any atom is -0.356 e. The molecule has 1 heterocycles. The van der Waals surface area contributed by atoms with Gasteiger partial charge in [0.25, 0.3) is 0 Å². The highest BCUT2D eigenvalue weighted by Gasteiger charge is 2.36. The maximum absolute atomic E-state index is 13.5. The molecule has 4 heteroatoms. The molecule has 1 aromatic carbocycles. The van der Waals surface area contributed by atoms with Gasteiger partial charge in [-0.05, 0) is 49.9 Å². The Morgan fingerprint density at radius 3 is 2.87 bits per heavy atom. The van der Waals surface area contributed by atoms with Crippen molar-refractivity contribution in [3.05, 3.63) is 35.6 Å². The number of benzene rings is 1. The minimum atomic E-state index is -0.180. The maximum Gasteiger partial charge on any atom is 0.224 e. The highest BCUT2D eigenvalue weighted by atomic mass is 19.1. The molecule has 2 unspecified atom stereocenters. The molecular formula is C19H27FN2O. The number of carbonyl (C=O) groups excluding carboxylic acids is 1. The first-order chi connectivity index (χ1) is 11.2. The van der Waals surface area contributed by atoms with Gasteiger partial charge >= 0.3 is 0 Å². The lowest BCUT2D eigenvalue weighted by Gasteiger charge is -2.32. The zero-order chi connectivity index (χ0) is 16.1. The zero-order valence-corrected chi connectivity index (χ0v) is 13.8. The van der Waals surface area contributed by atoms with Gasteiger partial charge < -0.3 is 5.32 Å². The Labute approximate surface area is 138 Å². The molecule has 1 aromatic rings. The number of amides is 1. The van der Waals surface area contributed by atoms with Crippen molar-refractivity contribution in [2.24, 2.45) is 5.92 Å². The van der Waals surface area contributed by atoms with Crippen molar-refractivity contribution in [3.63, 3.8) is 0 Å². The van der Waals surface area contributed by atoms with Crippen LogP contribution in [0.2, 0.25) is 0 Å². The van der Waals surface area contributed by atoms with Gasteiger partial charge in [0.15, 0.2) is 0 Å². The lowest BCUT2D eigenvalue weighted by molar-refractivity contribution is -0.126. The van der Waals surface area contributed by atoms with E-state index in [4.69, 9.17) is 0 Å². The van der Waals surface area contributed by atoms with Crippen molar-refractivity contribution in [1.82, 2.24) is 10.2 Å². The molecule has 2 atom stereocenters. The van der Waals surface area contributed by atoms with Crippen LogP contribution in [0.1, 0.15) is 50.5 Å². The van der Waals surface area contributed by atoms with Crippen LogP contribution in [0, 0.1) is 11.7 Å². The molecule has 2 aliphatic rings. The van der Waals surface area contributed by atoms with Crippen LogP contribution in [0.25, 0.3) is 0 Å². The van der Waals surface area contributed by atoms with Crippen LogP contribution >= 0.6 is 0 Å². The van der Waals surface area contributed by atoms with E-state index in [1.54, 1.807) is 12.1 Å². The smallest absolute Gasteiger partial charge is 0.224 e. The Morgan fingerprint density at radius 1 is 1.13 bits per heavy atom. The SMILES string of the molecule is O=C1NCCCCCCN(Cc2cccc(F)c2)C2CCCC12. The minimum absolute atomic E-state index is 0.0988. The molecule has 23 heavy (non-hydrogen) atoms. The topological polar surface area (TPSA) is 32.3 Å². The summed E-state index contributed by atoms with van der Waals surface area (Å²) in [7, 11) is 0. The van der Waals surface area contributed by atoms with Gasteiger partial charge in [0.2, 0.25) is 5.91 Å². The van der Waals surface area contributed by atoms with Gasteiger partial charge in [-0.15, -0.1) is 0 Å². The number of halogens is 1.